The molecule has 0 radical (unpaired) electrons. The topological polar surface area (TPSA) is 49.8 Å². The van der Waals surface area contributed by atoms with Crippen LogP contribution in [0.25, 0.3) is 0 Å². The van der Waals surface area contributed by atoms with Crippen molar-refractivity contribution in [2.45, 2.75) is 25.7 Å². The van der Waals surface area contributed by atoms with Crippen LogP contribution < -0.4 is 4.74 Å². The Kier molecular flexibility index (Phi) is 5.01. The highest BCUT2D eigenvalue weighted by Gasteiger charge is 2.30. The molecule has 0 aromatic heterocycles. The van der Waals surface area contributed by atoms with Crippen LogP contribution in [0.3, 0.4) is 0 Å². The van der Waals surface area contributed by atoms with E-state index in [1.54, 1.807) is 7.11 Å². The van der Waals surface area contributed by atoms with Gasteiger partial charge in [-0.3, -0.25) is 4.79 Å². The van der Waals surface area contributed by atoms with Crippen LogP contribution >= 0.6 is 0 Å². The Labute approximate surface area is 120 Å². The average Bonchev–Trinajstić information content (AvgIpc) is 2.97. The maximum atomic E-state index is 12.6. The molecule has 1 aromatic carbocycles. The van der Waals surface area contributed by atoms with Gasteiger partial charge in [0.15, 0.2) is 0 Å². The van der Waals surface area contributed by atoms with Crippen molar-refractivity contribution >= 4 is 5.91 Å². The number of carbonyl (C=O) groups is 1. The fourth-order valence-corrected chi connectivity index (χ4v) is 2.79. The van der Waals surface area contributed by atoms with Crippen molar-refractivity contribution in [1.29, 1.82) is 0 Å². The number of amides is 1. The third-order valence-corrected chi connectivity index (χ3v) is 4.08. The van der Waals surface area contributed by atoms with E-state index in [9.17, 15) is 9.90 Å². The summed E-state index contributed by atoms with van der Waals surface area (Å²) in [5.74, 6) is 1.12. The predicted octanol–water partition coefficient (Wildman–Crippen LogP) is 2.03. The first-order valence-corrected chi connectivity index (χ1v) is 7.23. The lowest BCUT2D eigenvalue weighted by Crippen LogP contribution is -2.33. The number of likely N-dealkylation sites (tertiary alicyclic amines) is 1. The Hall–Kier alpha value is -1.55. The second-order valence-electron chi connectivity index (χ2n) is 5.36. The molecule has 1 aliphatic heterocycles. The lowest BCUT2D eigenvalue weighted by Gasteiger charge is -2.23. The molecule has 1 saturated heterocycles. The van der Waals surface area contributed by atoms with E-state index in [1.807, 2.05) is 36.1 Å². The van der Waals surface area contributed by atoms with E-state index in [1.165, 1.54) is 0 Å². The summed E-state index contributed by atoms with van der Waals surface area (Å²) in [5.41, 5.74) is 1.03. The third-order valence-electron chi connectivity index (χ3n) is 4.08. The highest BCUT2D eigenvalue weighted by Crippen LogP contribution is 2.27. The Balaban J connectivity index is 2.08. The Morgan fingerprint density at radius 3 is 2.65 bits per heavy atom. The van der Waals surface area contributed by atoms with Crippen molar-refractivity contribution < 1.29 is 14.6 Å². The lowest BCUT2D eigenvalue weighted by atomic mass is 9.95. The summed E-state index contributed by atoms with van der Waals surface area (Å²) in [4.78, 5) is 14.5. The minimum atomic E-state index is -0.0988. The van der Waals surface area contributed by atoms with Gasteiger partial charge in [0.25, 0.3) is 0 Å². The molecule has 2 atom stereocenters. The van der Waals surface area contributed by atoms with Crippen LogP contribution in [-0.4, -0.2) is 42.7 Å². The first kappa shape index (κ1) is 14.9. The minimum absolute atomic E-state index is 0.0988. The highest BCUT2D eigenvalue weighted by atomic mass is 16.5. The predicted molar refractivity (Wildman–Crippen MR) is 77.8 cm³/mol. The van der Waals surface area contributed by atoms with Crippen LogP contribution in [0.2, 0.25) is 0 Å². The molecule has 0 aliphatic carbocycles. The summed E-state index contributed by atoms with van der Waals surface area (Å²) >= 11 is 0. The zero-order chi connectivity index (χ0) is 14.5. The fourth-order valence-electron chi connectivity index (χ4n) is 2.79. The molecule has 110 valence electrons. The molecule has 1 N–H and O–H groups in total. The van der Waals surface area contributed by atoms with Gasteiger partial charge in [-0.1, -0.05) is 19.1 Å². The monoisotopic (exact) mass is 277 g/mol. The van der Waals surface area contributed by atoms with E-state index in [0.717, 1.165) is 30.7 Å². The maximum Gasteiger partial charge on any atom is 0.230 e. The molecule has 2 unspecified atom stereocenters. The van der Waals surface area contributed by atoms with Crippen molar-refractivity contribution in [2.75, 3.05) is 26.8 Å². The minimum Gasteiger partial charge on any atom is -0.497 e. The van der Waals surface area contributed by atoms with Crippen molar-refractivity contribution in [2.24, 2.45) is 5.92 Å². The molecular weight excluding hydrogens is 254 g/mol. The van der Waals surface area contributed by atoms with Gasteiger partial charge in [0.05, 0.1) is 13.0 Å². The number of ether oxygens (including phenoxy) is 1. The number of aliphatic hydroxyl groups is 1. The molecule has 0 spiro atoms. The zero-order valence-electron chi connectivity index (χ0n) is 12.2. The van der Waals surface area contributed by atoms with E-state index in [0.29, 0.717) is 6.54 Å². The van der Waals surface area contributed by atoms with E-state index in [4.69, 9.17) is 4.74 Å². The maximum absolute atomic E-state index is 12.6. The number of carbonyl (C=O) groups excluding carboxylic acids is 1. The van der Waals surface area contributed by atoms with Gasteiger partial charge in [0.1, 0.15) is 5.75 Å². The molecule has 1 aromatic rings. The number of hydrogen-bond donors (Lipinski definition) is 1. The van der Waals surface area contributed by atoms with Gasteiger partial charge in [0, 0.05) is 25.6 Å². The Bertz CT molecular complexity index is 444. The summed E-state index contributed by atoms with van der Waals surface area (Å²) in [6.45, 7) is 3.65. The van der Waals surface area contributed by atoms with Crippen LogP contribution in [0.4, 0.5) is 0 Å². The van der Waals surface area contributed by atoms with Gasteiger partial charge in [0.2, 0.25) is 5.91 Å². The molecule has 1 amide bonds. The van der Waals surface area contributed by atoms with Crippen molar-refractivity contribution in [3.05, 3.63) is 29.8 Å². The number of benzene rings is 1. The number of methoxy groups -OCH3 is 1. The van der Waals surface area contributed by atoms with Crippen LogP contribution in [0.1, 0.15) is 31.2 Å². The van der Waals surface area contributed by atoms with Gasteiger partial charge < -0.3 is 14.7 Å². The van der Waals surface area contributed by atoms with Gasteiger partial charge in [-0.05, 0) is 30.5 Å². The molecule has 1 aliphatic rings. The molecule has 2 rings (SSSR count). The van der Waals surface area contributed by atoms with E-state index in [-0.39, 0.29) is 24.3 Å². The van der Waals surface area contributed by atoms with Crippen LogP contribution in [0, 0.1) is 5.92 Å². The largest absolute Gasteiger partial charge is 0.497 e. The summed E-state index contributed by atoms with van der Waals surface area (Å²) in [7, 11) is 1.64. The van der Waals surface area contributed by atoms with E-state index < -0.39 is 0 Å². The average molecular weight is 277 g/mol. The second kappa shape index (κ2) is 6.75. The summed E-state index contributed by atoms with van der Waals surface area (Å²) in [6, 6.07) is 7.71. The molecular formula is C16H23NO3. The third kappa shape index (κ3) is 3.12. The SMILES string of the molecule is CCC(C(=O)N1CCC(CO)C1)c1ccc(OC)cc1. The van der Waals surface area contributed by atoms with E-state index >= 15 is 0 Å². The normalized spacial score (nSPS) is 19.9. The number of hydrogen-bond acceptors (Lipinski definition) is 3. The summed E-state index contributed by atoms with van der Waals surface area (Å²) in [6.07, 6.45) is 1.69. The first-order valence-electron chi connectivity index (χ1n) is 7.23. The highest BCUT2D eigenvalue weighted by molar-refractivity contribution is 5.84. The summed E-state index contributed by atoms with van der Waals surface area (Å²) in [5, 5.41) is 9.18. The first-order chi connectivity index (χ1) is 9.69. The van der Waals surface area contributed by atoms with Gasteiger partial charge in [-0.25, -0.2) is 0 Å². The standard InChI is InChI=1S/C16H23NO3/c1-3-15(13-4-6-14(20-2)7-5-13)16(19)17-9-8-12(10-17)11-18/h4-7,12,15,18H,3,8-11H2,1-2H3. The van der Waals surface area contributed by atoms with Gasteiger partial charge in [-0.2, -0.15) is 0 Å². The molecule has 0 saturated carbocycles. The lowest BCUT2D eigenvalue weighted by molar-refractivity contribution is -0.132. The zero-order valence-corrected chi connectivity index (χ0v) is 12.2. The Morgan fingerprint density at radius 1 is 1.45 bits per heavy atom. The molecule has 20 heavy (non-hydrogen) atoms. The molecule has 4 heteroatoms. The summed E-state index contributed by atoms with van der Waals surface area (Å²) < 4.78 is 5.15. The molecule has 1 heterocycles. The van der Waals surface area contributed by atoms with Crippen molar-refractivity contribution in [3.8, 4) is 5.75 Å². The molecule has 1 fully saturated rings. The Morgan fingerprint density at radius 2 is 2.15 bits per heavy atom. The van der Waals surface area contributed by atoms with Crippen LogP contribution in [-0.2, 0) is 4.79 Å². The fraction of sp³-hybridized carbons (Fsp3) is 0.562. The smallest absolute Gasteiger partial charge is 0.230 e. The number of nitrogens with zero attached hydrogens (tertiary/aromatic N) is 1. The second-order valence-corrected chi connectivity index (χ2v) is 5.36. The molecule has 4 nitrogen and oxygen atoms in total. The van der Waals surface area contributed by atoms with Gasteiger partial charge >= 0.3 is 0 Å². The van der Waals surface area contributed by atoms with Crippen molar-refractivity contribution in [1.82, 2.24) is 4.90 Å². The van der Waals surface area contributed by atoms with Crippen LogP contribution in [0.5, 0.6) is 5.75 Å². The number of aliphatic hydroxyl groups excluding tert-OH is 1. The van der Waals surface area contributed by atoms with Gasteiger partial charge in [-0.15, -0.1) is 0 Å². The van der Waals surface area contributed by atoms with Crippen LogP contribution in [0.15, 0.2) is 24.3 Å². The van der Waals surface area contributed by atoms with E-state index in [2.05, 4.69) is 0 Å². The quantitative estimate of drug-likeness (QED) is 0.896. The number of rotatable bonds is 5. The molecule has 0 bridgehead atoms. The van der Waals surface area contributed by atoms with Crippen molar-refractivity contribution in [3.63, 3.8) is 0 Å².